The molecular weight excluding hydrogens is 334 g/mol. The Balaban J connectivity index is 1.80. The van der Waals surface area contributed by atoms with E-state index in [0.717, 1.165) is 34.4 Å². The van der Waals surface area contributed by atoms with Crippen molar-refractivity contribution in [3.05, 3.63) is 76.2 Å². The normalized spacial score (nSPS) is 12.2. The number of carbonyl (C=O) groups excluding carboxylic acids is 1. The lowest BCUT2D eigenvalue weighted by molar-refractivity contribution is 0.0699. The van der Waals surface area contributed by atoms with E-state index in [0.29, 0.717) is 10.6 Å². The van der Waals surface area contributed by atoms with E-state index in [9.17, 15) is 14.7 Å². The van der Waals surface area contributed by atoms with Gasteiger partial charge in [-0.2, -0.15) is 0 Å². The van der Waals surface area contributed by atoms with Crippen LogP contribution < -0.4 is 5.32 Å². The summed E-state index contributed by atoms with van der Waals surface area (Å²) in [5.41, 5.74) is 3.55. The monoisotopic (exact) mass is 349 g/mol. The molecule has 0 radical (unpaired) electrons. The maximum Gasteiger partial charge on any atom is 0.339 e. The van der Waals surface area contributed by atoms with Crippen LogP contribution in [0.2, 0.25) is 0 Å². The van der Waals surface area contributed by atoms with Crippen LogP contribution in [-0.2, 0) is 12.8 Å². The van der Waals surface area contributed by atoms with Gasteiger partial charge in [-0.25, -0.2) is 4.79 Å². The molecule has 2 aromatic carbocycles. The van der Waals surface area contributed by atoms with Crippen LogP contribution in [0, 0.1) is 0 Å². The van der Waals surface area contributed by atoms with Crippen molar-refractivity contribution in [1.29, 1.82) is 0 Å². The molecule has 5 heteroatoms. The van der Waals surface area contributed by atoms with Gasteiger partial charge in [-0.05, 0) is 36.1 Å². The molecule has 2 N–H and O–H groups in total. The molecule has 0 spiro atoms. The fourth-order valence-corrected chi connectivity index (χ4v) is 4.43. The average molecular weight is 349 g/mol. The Labute approximate surface area is 148 Å². The molecule has 0 bridgehead atoms. The summed E-state index contributed by atoms with van der Waals surface area (Å²) < 4.78 is 0. The number of rotatable bonds is 3. The molecular formula is C20H15NO3S. The van der Waals surface area contributed by atoms with Crippen molar-refractivity contribution in [2.75, 3.05) is 5.32 Å². The van der Waals surface area contributed by atoms with Gasteiger partial charge in [0.1, 0.15) is 10.6 Å². The van der Waals surface area contributed by atoms with Crippen LogP contribution in [0.1, 0.15) is 31.2 Å². The number of carbonyl (C=O) groups is 2. The van der Waals surface area contributed by atoms with Crippen molar-refractivity contribution in [3.8, 4) is 11.1 Å². The minimum Gasteiger partial charge on any atom is -0.478 e. The zero-order chi connectivity index (χ0) is 17.4. The Morgan fingerprint density at radius 1 is 0.960 bits per heavy atom. The highest BCUT2D eigenvalue weighted by molar-refractivity contribution is 7.17. The minimum atomic E-state index is -1.02. The van der Waals surface area contributed by atoms with E-state index in [1.54, 1.807) is 24.3 Å². The van der Waals surface area contributed by atoms with Gasteiger partial charge >= 0.3 is 5.97 Å². The van der Waals surface area contributed by atoms with Crippen molar-refractivity contribution in [2.45, 2.75) is 12.8 Å². The van der Waals surface area contributed by atoms with Gasteiger partial charge < -0.3 is 10.4 Å². The van der Waals surface area contributed by atoms with E-state index in [2.05, 4.69) is 5.32 Å². The van der Waals surface area contributed by atoms with Gasteiger partial charge in [0.25, 0.3) is 5.91 Å². The van der Waals surface area contributed by atoms with Crippen LogP contribution in [0.5, 0.6) is 0 Å². The largest absolute Gasteiger partial charge is 0.478 e. The Kier molecular flexibility index (Phi) is 3.86. The highest BCUT2D eigenvalue weighted by atomic mass is 32.1. The molecule has 1 amide bonds. The molecule has 3 aromatic rings. The van der Waals surface area contributed by atoms with E-state index in [-0.39, 0.29) is 11.5 Å². The van der Waals surface area contributed by atoms with Gasteiger partial charge in [-0.1, -0.05) is 42.5 Å². The predicted molar refractivity (Wildman–Crippen MR) is 98.5 cm³/mol. The Hall–Kier alpha value is -2.92. The summed E-state index contributed by atoms with van der Waals surface area (Å²) >= 11 is 1.36. The van der Waals surface area contributed by atoms with Crippen LogP contribution >= 0.6 is 11.3 Å². The molecule has 25 heavy (non-hydrogen) atoms. The van der Waals surface area contributed by atoms with Crippen LogP contribution in [0.3, 0.4) is 0 Å². The highest BCUT2D eigenvalue weighted by Gasteiger charge is 2.29. The van der Waals surface area contributed by atoms with Crippen molar-refractivity contribution >= 4 is 28.2 Å². The van der Waals surface area contributed by atoms with E-state index in [1.807, 2.05) is 30.3 Å². The number of aromatic carboxylic acids is 1. The lowest BCUT2D eigenvalue weighted by atomic mass is 9.88. The van der Waals surface area contributed by atoms with Gasteiger partial charge in [-0.15, -0.1) is 11.3 Å². The number of carboxylic acids is 1. The van der Waals surface area contributed by atoms with E-state index < -0.39 is 5.97 Å². The molecule has 0 atom stereocenters. The summed E-state index contributed by atoms with van der Waals surface area (Å²) in [7, 11) is 0. The molecule has 0 saturated carbocycles. The van der Waals surface area contributed by atoms with E-state index in [1.165, 1.54) is 11.3 Å². The van der Waals surface area contributed by atoms with Gasteiger partial charge in [0.05, 0.1) is 0 Å². The standard InChI is InChI=1S/C20H15NO3S/c22-18(13-7-2-1-3-8-13)21-19-17(20(23)24)16-14-9-5-4-6-12(14)10-11-15(16)25-19/h1-9H,10-11H2,(H,21,22)(H,23,24). The van der Waals surface area contributed by atoms with E-state index in [4.69, 9.17) is 0 Å². The minimum absolute atomic E-state index is 0.191. The van der Waals surface area contributed by atoms with E-state index >= 15 is 0 Å². The number of hydrogen-bond acceptors (Lipinski definition) is 3. The quantitative estimate of drug-likeness (QED) is 0.733. The zero-order valence-corrected chi connectivity index (χ0v) is 14.1. The van der Waals surface area contributed by atoms with Crippen LogP contribution in [0.4, 0.5) is 5.00 Å². The molecule has 1 aromatic heterocycles. The molecule has 1 aliphatic carbocycles. The second-order valence-corrected chi connectivity index (χ2v) is 6.99. The molecule has 4 nitrogen and oxygen atoms in total. The molecule has 0 saturated heterocycles. The highest BCUT2D eigenvalue weighted by Crippen LogP contribution is 2.45. The van der Waals surface area contributed by atoms with Gasteiger partial charge in [0.2, 0.25) is 0 Å². The van der Waals surface area contributed by atoms with Crippen LogP contribution in [0.15, 0.2) is 54.6 Å². The summed E-state index contributed by atoms with van der Waals surface area (Å²) in [6.07, 6.45) is 1.67. The Morgan fingerprint density at radius 2 is 1.68 bits per heavy atom. The SMILES string of the molecule is O=C(Nc1sc2c(c1C(=O)O)-c1ccccc1CC2)c1ccccc1. The van der Waals surface area contributed by atoms with Crippen molar-refractivity contribution < 1.29 is 14.7 Å². The zero-order valence-electron chi connectivity index (χ0n) is 13.3. The number of fused-ring (bicyclic) bond motifs is 3. The van der Waals surface area contributed by atoms with Gasteiger partial charge in [-0.3, -0.25) is 4.79 Å². The second kappa shape index (κ2) is 6.18. The maximum absolute atomic E-state index is 12.4. The summed E-state index contributed by atoms with van der Waals surface area (Å²) in [6.45, 7) is 0. The lowest BCUT2D eigenvalue weighted by Crippen LogP contribution is -2.13. The molecule has 124 valence electrons. The number of nitrogens with one attached hydrogen (secondary N) is 1. The first-order valence-electron chi connectivity index (χ1n) is 7.99. The second-order valence-electron chi connectivity index (χ2n) is 5.89. The molecule has 1 aliphatic rings. The van der Waals surface area contributed by atoms with Crippen molar-refractivity contribution in [3.63, 3.8) is 0 Å². The fourth-order valence-electron chi connectivity index (χ4n) is 3.23. The number of hydrogen-bond donors (Lipinski definition) is 2. The number of aryl methyl sites for hydroxylation is 2. The molecule has 1 heterocycles. The molecule has 0 unspecified atom stereocenters. The van der Waals surface area contributed by atoms with Gasteiger partial charge in [0.15, 0.2) is 0 Å². The Bertz CT molecular complexity index is 976. The smallest absolute Gasteiger partial charge is 0.339 e. The lowest BCUT2D eigenvalue weighted by Gasteiger charge is -2.16. The third-order valence-electron chi connectivity index (χ3n) is 4.37. The molecule has 0 fully saturated rings. The number of amides is 1. The molecule has 0 aliphatic heterocycles. The summed E-state index contributed by atoms with van der Waals surface area (Å²) in [4.78, 5) is 25.4. The topological polar surface area (TPSA) is 66.4 Å². The predicted octanol–water partition coefficient (Wildman–Crippen LogP) is 4.46. The third-order valence-corrected chi connectivity index (χ3v) is 5.53. The van der Waals surface area contributed by atoms with Crippen LogP contribution in [0.25, 0.3) is 11.1 Å². The first-order valence-corrected chi connectivity index (χ1v) is 8.80. The number of anilines is 1. The van der Waals surface area contributed by atoms with Crippen LogP contribution in [-0.4, -0.2) is 17.0 Å². The average Bonchev–Trinajstić information content (AvgIpc) is 3.01. The first kappa shape index (κ1) is 15.6. The number of benzene rings is 2. The van der Waals surface area contributed by atoms with Crippen molar-refractivity contribution in [2.24, 2.45) is 0 Å². The summed E-state index contributed by atoms with van der Waals surface area (Å²) in [6, 6.07) is 16.7. The summed E-state index contributed by atoms with van der Waals surface area (Å²) in [5, 5.41) is 13.0. The maximum atomic E-state index is 12.4. The fraction of sp³-hybridized carbons (Fsp3) is 0.100. The molecule has 4 rings (SSSR count). The number of carboxylic acid groups (broad SMARTS) is 1. The van der Waals surface area contributed by atoms with Crippen molar-refractivity contribution in [1.82, 2.24) is 0 Å². The first-order chi connectivity index (χ1) is 12.1. The number of thiophene rings is 1. The Morgan fingerprint density at radius 3 is 2.44 bits per heavy atom. The third kappa shape index (κ3) is 2.72. The van der Waals surface area contributed by atoms with Gasteiger partial charge in [0, 0.05) is 16.0 Å². The summed E-state index contributed by atoms with van der Waals surface area (Å²) in [5.74, 6) is -1.31.